The van der Waals surface area contributed by atoms with E-state index in [1.54, 1.807) is 6.07 Å². The Hall–Kier alpha value is -1.37. The van der Waals surface area contributed by atoms with Crippen LogP contribution in [0.15, 0.2) is 12.3 Å². The van der Waals surface area contributed by atoms with Crippen molar-refractivity contribution in [3.8, 4) is 0 Å². The Bertz CT molecular complexity index is 437. The standard InChI is InChI=1S/C13H22ClN5O/c1-3-19(4-2)7-5-6-16-13(20)10-8-11(14)12(18-15)17-9-10/h8-9H,3-7,15H2,1-2H3,(H,16,20)(H,17,18). The van der Waals surface area contributed by atoms with Gasteiger partial charge in [0.05, 0.1) is 10.6 Å². The van der Waals surface area contributed by atoms with Crippen molar-refractivity contribution in [1.82, 2.24) is 15.2 Å². The Labute approximate surface area is 124 Å². The van der Waals surface area contributed by atoms with Gasteiger partial charge >= 0.3 is 0 Å². The van der Waals surface area contributed by atoms with Crippen LogP contribution in [-0.2, 0) is 0 Å². The van der Waals surface area contributed by atoms with Gasteiger partial charge in [0.2, 0.25) is 0 Å². The highest BCUT2D eigenvalue weighted by molar-refractivity contribution is 6.33. The van der Waals surface area contributed by atoms with Gasteiger partial charge in [0.15, 0.2) is 5.82 Å². The van der Waals surface area contributed by atoms with Crippen LogP contribution in [0.2, 0.25) is 5.02 Å². The Kier molecular flexibility index (Phi) is 7.28. The lowest BCUT2D eigenvalue weighted by molar-refractivity contribution is 0.0951. The minimum absolute atomic E-state index is 0.178. The fourth-order valence-electron chi connectivity index (χ4n) is 1.81. The highest BCUT2D eigenvalue weighted by Gasteiger charge is 2.09. The number of nitrogen functional groups attached to an aromatic ring is 1. The first-order chi connectivity index (χ1) is 9.62. The highest BCUT2D eigenvalue weighted by atomic mass is 35.5. The largest absolute Gasteiger partial charge is 0.352 e. The SMILES string of the molecule is CCN(CC)CCCNC(=O)c1cnc(NN)c(Cl)c1. The first kappa shape index (κ1) is 16.7. The van der Waals surface area contributed by atoms with Crippen LogP contribution in [0.1, 0.15) is 30.6 Å². The molecule has 1 aromatic rings. The number of hydrogen-bond donors (Lipinski definition) is 3. The second kappa shape index (κ2) is 8.73. The molecule has 4 N–H and O–H groups in total. The second-order valence-corrected chi connectivity index (χ2v) is 4.74. The van der Waals surface area contributed by atoms with E-state index in [1.165, 1.54) is 6.20 Å². The summed E-state index contributed by atoms with van der Waals surface area (Å²) >= 11 is 5.92. The number of carbonyl (C=O) groups excluding carboxylic acids is 1. The summed E-state index contributed by atoms with van der Waals surface area (Å²) in [7, 11) is 0. The predicted molar refractivity (Wildman–Crippen MR) is 81.8 cm³/mol. The molecule has 1 rings (SSSR count). The lowest BCUT2D eigenvalue weighted by atomic mass is 10.2. The zero-order valence-electron chi connectivity index (χ0n) is 11.9. The summed E-state index contributed by atoms with van der Waals surface area (Å²) in [5, 5.41) is 3.17. The molecule has 0 fully saturated rings. The van der Waals surface area contributed by atoms with Gasteiger partial charge in [0.1, 0.15) is 0 Å². The fourth-order valence-corrected chi connectivity index (χ4v) is 2.04. The highest BCUT2D eigenvalue weighted by Crippen LogP contribution is 2.18. The van der Waals surface area contributed by atoms with E-state index in [4.69, 9.17) is 17.4 Å². The maximum absolute atomic E-state index is 11.9. The van der Waals surface area contributed by atoms with E-state index < -0.39 is 0 Å². The quantitative estimate of drug-likeness (QED) is 0.385. The van der Waals surface area contributed by atoms with Crippen LogP contribution < -0.4 is 16.6 Å². The van der Waals surface area contributed by atoms with Crippen molar-refractivity contribution in [2.45, 2.75) is 20.3 Å². The summed E-state index contributed by atoms with van der Waals surface area (Å²) in [6, 6.07) is 1.55. The minimum atomic E-state index is -0.178. The van der Waals surface area contributed by atoms with Crippen molar-refractivity contribution in [3.05, 3.63) is 22.8 Å². The Morgan fingerprint density at radius 1 is 1.45 bits per heavy atom. The third-order valence-corrected chi connectivity index (χ3v) is 3.36. The molecule has 0 atom stereocenters. The third-order valence-electron chi connectivity index (χ3n) is 3.07. The lowest BCUT2D eigenvalue weighted by Gasteiger charge is -2.17. The molecule has 0 saturated carbocycles. The van der Waals surface area contributed by atoms with Gasteiger partial charge in [-0.1, -0.05) is 25.4 Å². The molecule has 0 aliphatic heterocycles. The van der Waals surface area contributed by atoms with Gasteiger partial charge in [0, 0.05) is 12.7 Å². The van der Waals surface area contributed by atoms with Crippen molar-refractivity contribution >= 4 is 23.3 Å². The van der Waals surface area contributed by atoms with Gasteiger partial charge in [-0.3, -0.25) is 4.79 Å². The molecule has 0 unspecified atom stereocenters. The summed E-state index contributed by atoms with van der Waals surface area (Å²) in [4.78, 5) is 18.2. The van der Waals surface area contributed by atoms with Crippen molar-refractivity contribution < 1.29 is 4.79 Å². The molecular formula is C13H22ClN5O. The van der Waals surface area contributed by atoms with Gasteiger partial charge < -0.3 is 15.6 Å². The first-order valence-electron chi connectivity index (χ1n) is 6.75. The van der Waals surface area contributed by atoms with E-state index in [0.29, 0.717) is 22.9 Å². The normalized spacial score (nSPS) is 10.7. The number of nitrogens with zero attached hydrogens (tertiary/aromatic N) is 2. The van der Waals surface area contributed by atoms with Crippen LogP contribution in [0.5, 0.6) is 0 Å². The summed E-state index contributed by atoms with van der Waals surface area (Å²) in [5.74, 6) is 5.40. The summed E-state index contributed by atoms with van der Waals surface area (Å²) in [6.45, 7) is 7.91. The van der Waals surface area contributed by atoms with Crippen molar-refractivity contribution in [1.29, 1.82) is 0 Å². The van der Waals surface area contributed by atoms with E-state index in [2.05, 4.69) is 34.5 Å². The molecule has 1 heterocycles. The number of rotatable bonds is 8. The zero-order chi connectivity index (χ0) is 15.0. The first-order valence-corrected chi connectivity index (χ1v) is 7.12. The number of aromatic nitrogens is 1. The number of nitrogens with one attached hydrogen (secondary N) is 2. The van der Waals surface area contributed by atoms with E-state index in [0.717, 1.165) is 26.1 Å². The molecule has 0 bridgehead atoms. The molecule has 1 aromatic heterocycles. The molecule has 0 aromatic carbocycles. The number of amides is 1. The fraction of sp³-hybridized carbons (Fsp3) is 0.538. The van der Waals surface area contributed by atoms with Crippen LogP contribution in [0.4, 0.5) is 5.82 Å². The molecule has 7 heteroatoms. The molecule has 0 aliphatic rings. The monoisotopic (exact) mass is 299 g/mol. The smallest absolute Gasteiger partial charge is 0.252 e. The van der Waals surface area contributed by atoms with Crippen LogP contribution in [0.25, 0.3) is 0 Å². The van der Waals surface area contributed by atoms with Gasteiger partial charge in [0.25, 0.3) is 5.91 Å². The minimum Gasteiger partial charge on any atom is -0.352 e. The second-order valence-electron chi connectivity index (χ2n) is 4.34. The van der Waals surface area contributed by atoms with Gasteiger partial charge in [-0.25, -0.2) is 10.8 Å². The van der Waals surface area contributed by atoms with Crippen molar-refractivity contribution in [3.63, 3.8) is 0 Å². The summed E-state index contributed by atoms with van der Waals surface area (Å²) in [5.41, 5.74) is 2.79. The number of carbonyl (C=O) groups is 1. The summed E-state index contributed by atoms with van der Waals surface area (Å²) < 4.78 is 0. The number of pyridine rings is 1. The third kappa shape index (κ3) is 4.96. The number of halogens is 1. The average Bonchev–Trinajstić information content (AvgIpc) is 2.47. The molecule has 6 nitrogen and oxygen atoms in total. The van der Waals surface area contributed by atoms with Gasteiger partial charge in [-0.05, 0) is 32.1 Å². The Morgan fingerprint density at radius 2 is 2.15 bits per heavy atom. The lowest BCUT2D eigenvalue weighted by Crippen LogP contribution is -2.30. The number of hydrazine groups is 1. The topological polar surface area (TPSA) is 83.3 Å². The molecule has 0 aliphatic carbocycles. The zero-order valence-corrected chi connectivity index (χ0v) is 12.7. The maximum atomic E-state index is 11.9. The van der Waals surface area contributed by atoms with E-state index >= 15 is 0 Å². The Balaban J connectivity index is 2.41. The van der Waals surface area contributed by atoms with Crippen LogP contribution >= 0.6 is 11.6 Å². The van der Waals surface area contributed by atoms with E-state index in [9.17, 15) is 4.79 Å². The van der Waals surface area contributed by atoms with Crippen LogP contribution in [0, 0.1) is 0 Å². The summed E-state index contributed by atoms with van der Waals surface area (Å²) in [6.07, 6.45) is 2.36. The molecule has 0 radical (unpaired) electrons. The molecule has 112 valence electrons. The average molecular weight is 300 g/mol. The van der Waals surface area contributed by atoms with E-state index in [-0.39, 0.29) is 5.91 Å². The number of anilines is 1. The number of nitrogens with two attached hydrogens (primary N) is 1. The van der Waals surface area contributed by atoms with Crippen LogP contribution in [0.3, 0.4) is 0 Å². The molecule has 0 saturated heterocycles. The van der Waals surface area contributed by atoms with Gasteiger partial charge in [-0.2, -0.15) is 0 Å². The van der Waals surface area contributed by atoms with Crippen molar-refractivity contribution in [2.75, 3.05) is 31.6 Å². The molecule has 20 heavy (non-hydrogen) atoms. The van der Waals surface area contributed by atoms with Crippen LogP contribution in [-0.4, -0.2) is 42.0 Å². The predicted octanol–water partition coefficient (Wildman–Crippen LogP) is 1.48. The molecule has 0 spiro atoms. The van der Waals surface area contributed by atoms with Gasteiger partial charge in [-0.15, -0.1) is 0 Å². The van der Waals surface area contributed by atoms with E-state index in [1.807, 2.05) is 0 Å². The Morgan fingerprint density at radius 3 is 2.70 bits per heavy atom. The molecule has 1 amide bonds. The number of hydrogen-bond acceptors (Lipinski definition) is 5. The molecular weight excluding hydrogens is 278 g/mol. The van der Waals surface area contributed by atoms with Crippen molar-refractivity contribution in [2.24, 2.45) is 5.84 Å². The maximum Gasteiger partial charge on any atom is 0.252 e.